The molecule has 0 spiro atoms. The first-order valence-electron chi connectivity index (χ1n) is 8.24. The highest BCUT2D eigenvalue weighted by Crippen LogP contribution is 2.35. The number of nitrogens with one attached hydrogen (secondary N) is 1. The van der Waals surface area contributed by atoms with Gasteiger partial charge in [-0.1, -0.05) is 40.0 Å². The number of ether oxygens (including phenoxy) is 1. The third kappa shape index (κ3) is 4.77. The first kappa shape index (κ1) is 24.1. The van der Waals surface area contributed by atoms with Crippen LogP contribution in [0.2, 0.25) is 15.1 Å². The van der Waals surface area contributed by atoms with Crippen LogP contribution in [0.1, 0.15) is 16.2 Å². The summed E-state index contributed by atoms with van der Waals surface area (Å²) in [4.78, 5) is 11.9. The normalized spacial score (nSPS) is 12.0. The van der Waals surface area contributed by atoms with Crippen LogP contribution in [0.3, 0.4) is 0 Å². The molecule has 32 heavy (non-hydrogen) atoms. The highest BCUT2D eigenvalue weighted by molar-refractivity contribution is 7.90. The van der Waals surface area contributed by atoms with Crippen molar-refractivity contribution in [3.8, 4) is 11.4 Å². The van der Waals surface area contributed by atoms with Gasteiger partial charge in [-0.2, -0.15) is 13.2 Å². The van der Waals surface area contributed by atoms with Gasteiger partial charge in [0.1, 0.15) is 10.6 Å². The predicted molar refractivity (Wildman–Crippen MR) is 109 cm³/mol. The van der Waals surface area contributed by atoms with Crippen molar-refractivity contribution in [3.63, 3.8) is 0 Å². The average Bonchev–Trinajstić information content (AvgIpc) is 3.12. The number of benzene rings is 2. The van der Waals surface area contributed by atoms with Gasteiger partial charge in [-0.15, -0.1) is 5.10 Å². The number of hydrogen-bond acceptors (Lipinski definition) is 6. The Labute approximate surface area is 193 Å². The molecule has 3 aromatic rings. The molecule has 1 heterocycles. The van der Waals surface area contributed by atoms with Crippen molar-refractivity contribution in [2.24, 2.45) is 0 Å². The Kier molecular flexibility index (Phi) is 6.61. The minimum absolute atomic E-state index is 0.110. The second kappa shape index (κ2) is 8.77. The summed E-state index contributed by atoms with van der Waals surface area (Å²) < 4.78 is 73.1. The molecular formula is C17H10Cl3F3N4O4S. The number of carbonyl (C=O) groups is 1. The van der Waals surface area contributed by atoms with E-state index in [2.05, 4.69) is 10.3 Å². The highest BCUT2D eigenvalue weighted by Gasteiger charge is 2.43. The van der Waals surface area contributed by atoms with Crippen molar-refractivity contribution < 1.29 is 31.1 Å². The van der Waals surface area contributed by atoms with E-state index >= 15 is 0 Å². The van der Waals surface area contributed by atoms with E-state index in [9.17, 15) is 26.4 Å². The fourth-order valence-electron chi connectivity index (χ4n) is 2.56. The van der Waals surface area contributed by atoms with Gasteiger partial charge >= 0.3 is 6.18 Å². The van der Waals surface area contributed by atoms with Gasteiger partial charge in [0.15, 0.2) is 11.4 Å². The van der Waals surface area contributed by atoms with Crippen LogP contribution in [0.15, 0.2) is 41.3 Å². The molecule has 0 bridgehead atoms. The quantitative estimate of drug-likeness (QED) is 0.526. The van der Waals surface area contributed by atoms with Gasteiger partial charge in [-0.3, -0.25) is 4.79 Å². The van der Waals surface area contributed by atoms with Crippen LogP contribution in [-0.4, -0.2) is 36.4 Å². The topological polar surface area (TPSA) is 103 Å². The van der Waals surface area contributed by atoms with E-state index in [1.807, 2.05) is 0 Å². The molecule has 15 heteroatoms. The molecule has 0 aliphatic rings. The third-order valence-electron chi connectivity index (χ3n) is 3.95. The van der Waals surface area contributed by atoms with Crippen LogP contribution in [0.5, 0.6) is 5.75 Å². The maximum Gasteiger partial charge on any atom is 0.435 e. The first-order valence-corrected chi connectivity index (χ1v) is 10.9. The minimum atomic E-state index is -5.15. The second-order valence-corrected chi connectivity index (χ2v) is 8.92. The van der Waals surface area contributed by atoms with E-state index in [-0.39, 0.29) is 31.2 Å². The monoisotopic (exact) mass is 528 g/mol. The summed E-state index contributed by atoms with van der Waals surface area (Å²) in [6.07, 6.45) is -5.15. The lowest BCUT2D eigenvalue weighted by molar-refractivity contribution is -0.143. The smallest absolute Gasteiger partial charge is 0.435 e. The standard InChI is InChI=1S/C17H10Cl3F3N4O4S/c1-31-9-3-4-12(10(19)7-9)27-15(17(21,22)23)14(24-26-27)16(28)25-32(29,30)13-5-2-8(18)6-11(13)20/h2-7H,1H3,(H,25,28). The Morgan fingerprint density at radius 2 is 1.78 bits per heavy atom. The zero-order valence-corrected chi connectivity index (χ0v) is 18.7. The SMILES string of the molecule is COc1ccc(-n2nnc(C(=O)NS(=O)(=O)c3ccc(Cl)cc3Cl)c2C(F)(F)F)c(Cl)c1. The van der Waals surface area contributed by atoms with Gasteiger partial charge < -0.3 is 4.74 Å². The summed E-state index contributed by atoms with van der Waals surface area (Å²) in [6, 6.07) is 6.96. The Balaban J connectivity index is 2.06. The molecule has 2 aromatic carbocycles. The van der Waals surface area contributed by atoms with Crippen LogP contribution in [0, 0.1) is 0 Å². The lowest BCUT2D eigenvalue weighted by Gasteiger charge is -2.13. The molecular weight excluding hydrogens is 520 g/mol. The first-order chi connectivity index (χ1) is 14.8. The van der Waals surface area contributed by atoms with Crippen molar-refractivity contribution in [3.05, 3.63) is 62.9 Å². The number of amides is 1. The molecule has 3 rings (SSSR count). The number of aromatic nitrogens is 3. The summed E-state index contributed by atoms with van der Waals surface area (Å²) in [6.45, 7) is 0. The molecule has 0 fully saturated rings. The molecule has 0 aliphatic heterocycles. The van der Waals surface area contributed by atoms with Crippen LogP contribution < -0.4 is 9.46 Å². The van der Waals surface area contributed by atoms with Crippen molar-refractivity contribution in [1.82, 2.24) is 19.7 Å². The van der Waals surface area contributed by atoms with Crippen LogP contribution >= 0.6 is 34.8 Å². The molecule has 0 radical (unpaired) electrons. The Bertz CT molecular complexity index is 1310. The van der Waals surface area contributed by atoms with Crippen LogP contribution in [-0.2, 0) is 16.2 Å². The molecule has 1 N–H and O–H groups in total. The van der Waals surface area contributed by atoms with Gasteiger partial charge in [0, 0.05) is 11.1 Å². The largest absolute Gasteiger partial charge is 0.497 e. The molecule has 1 aromatic heterocycles. The molecule has 0 saturated carbocycles. The van der Waals surface area contributed by atoms with E-state index in [0.29, 0.717) is 0 Å². The van der Waals surface area contributed by atoms with Gasteiger partial charge in [0.2, 0.25) is 0 Å². The maximum atomic E-state index is 13.8. The molecule has 8 nitrogen and oxygen atoms in total. The summed E-state index contributed by atoms with van der Waals surface area (Å²) in [5.74, 6) is -1.42. The number of hydrogen-bond donors (Lipinski definition) is 1. The number of nitrogens with zero attached hydrogens (tertiary/aromatic N) is 3. The zero-order chi connectivity index (χ0) is 23.8. The number of halogens is 6. The van der Waals surface area contributed by atoms with Crippen molar-refractivity contribution in [2.45, 2.75) is 11.1 Å². The summed E-state index contributed by atoms with van der Waals surface area (Å²) in [7, 11) is -3.34. The van der Waals surface area contributed by atoms with Crippen molar-refractivity contribution in [1.29, 1.82) is 0 Å². The lowest BCUT2D eigenvalue weighted by atomic mass is 10.2. The molecule has 0 aliphatic carbocycles. The maximum absolute atomic E-state index is 13.8. The Morgan fingerprint density at radius 3 is 2.34 bits per heavy atom. The molecule has 0 atom stereocenters. The number of methoxy groups -OCH3 is 1. The number of rotatable bonds is 5. The highest BCUT2D eigenvalue weighted by atomic mass is 35.5. The van der Waals surface area contributed by atoms with Crippen LogP contribution in [0.4, 0.5) is 13.2 Å². The molecule has 0 unspecified atom stereocenters. The van der Waals surface area contributed by atoms with E-state index in [1.165, 1.54) is 30.0 Å². The fourth-order valence-corrected chi connectivity index (χ4v) is 4.54. The van der Waals surface area contributed by atoms with Gasteiger partial charge in [-0.05, 0) is 30.3 Å². The number of alkyl halides is 3. The zero-order valence-electron chi connectivity index (χ0n) is 15.6. The molecule has 170 valence electrons. The summed E-state index contributed by atoms with van der Waals surface area (Å²) in [5.41, 5.74) is -3.20. The predicted octanol–water partition coefficient (Wildman–Crippen LogP) is 4.37. The number of carbonyl (C=O) groups excluding carboxylic acids is 1. The van der Waals surface area contributed by atoms with Gasteiger partial charge in [0.25, 0.3) is 15.9 Å². The third-order valence-corrected chi connectivity index (χ3v) is 6.30. The Hall–Kier alpha value is -2.54. The van der Waals surface area contributed by atoms with E-state index in [0.717, 1.165) is 18.2 Å². The second-order valence-electron chi connectivity index (χ2n) is 6.02. The van der Waals surface area contributed by atoms with Gasteiger partial charge in [-0.25, -0.2) is 17.8 Å². The van der Waals surface area contributed by atoms with Crippen molar-refractivity contribution in [2.75, 3.05) is 7.11 Å². The summed E-state index contributed by atoms with van der Waals surface area (Å²) in [5, 5.41) is 6.15. The number of sulfonamides is 1. The van der Waals surface area contributed by atoms with E-state index in [4.69, 9.17) is 39.5 Å². The Morgan fingerprint density at radius 1 is 1.09 bits per heavy atom. The molecule has 0 saturated heterocycles. The minimum Gasteiger partial charge on any atom is -0.497 e. The average molecular weight is 530 g/mol. The van der Waals surface area contributed by atoms with E-state index in [1.54, 1.807) is 0 Å². The van der Waals surface area contributed by atoms with Crippen LogP contribution in [0.25, 0.3) is 5.69 Å². The van der Waals surface area contributed by atoms with Gasteiger partial charge in [0.05, 0.1) is 22.8 Å². The van der Waals surface area contributed by atoms with Crippen molar-refractivity contribution >= 4 is 50.7 Å². The van der Waals surface area contributed by atoms with E-state index < -0.39 is 38.4 Å². The summed E-state index contributed by atoms with van der Waals surface area (Å²) >= 11 is 17.5. The fraction of sp³-hybridized carbons (Fsp3) is 0.118. The molecule has 1 amide bonds. The lowest BCUT2D eigenvalue weighted by Crippen LogP contribution is -2.33.